The average Bonchev–Trinajstić information content (AvgIpc) is 2.85. The average molecular weight is 342 g/mol. The van der Waals surface area contributed by atoms with E-state index in [-0.39, 0.29) is 5.91 Å². The zero-order chi connectivity index (χ0) is 16.4. The fourth-order valence-corrected chi connectivity index (χ4v) is 4.42. The highest BCUT2D eigenvalue weighted by Crippen LogP contribution is 2.28. The first kappa shape index (κ1) is 15.7. The number of amides is 1. The molecule has 3 heterocycles. The number of hydrogen-bond donors (Lipinski definition) is 0. The number of rotatable bonds is 3. The van der Waals surface area contributed by atoms with Crippen molar-refractivity contribution in [2.75, 3.05) is 17.2 Å². The van der Waals surface area contributed by atoms with E-state index in [9.17, 15) is 4.79 Å². The van der Waals surface area contributed by atoms with E-state index >= 15 is 0 Å². The molecule has 0 radical (unpaired) electrons. The van der Waals surface area contributed by atoms with Crippen LogP contribution in [0.5, 0.6) is 0 Å². The van der Waals surface area contributed by atoms with Gasteiger partial charge < -0.3 is 9.47 Å². The third-order valence-corrected chi connectivity index (χ3v) is 5.76. The summed E-state index contributed by atoms with van der Waals surface area (Å²) in [5.41, 5.74) is 2.35. The maximum Gasteiger partial charge on any atom is 0.237 e. The minimum absolute atomic E-state index is 0.165. The Morgan fingerprint density at radius 3 is 2.92 bits per heavy atom. The molecule has 5 nitrogen and oxygen atoms in total. The van der Waals surface area contributed by atoms with Crippen molar-refractivity contribution < 1.29 is 4.79 Å². The standard InChI is InChI=1S/C18H22N4OS/c23-17(21-12-6-8-14-7-3-4-9-15(14)21)13-24-18-20-19-16-10-2-1-5-11-22(16)18/h3-4,7,9H,1-2,5-6,8,10-13H2. The van der Waals surface area contributed by atoms with Gasteiger partial charge in [-0.1, -0.05) is 36.4 Å². The van der Waals surface area contributed by atoms with Gasteiger partial charge in [0.15, 0.2) is 5.16 Å². The fraction of sp³-hybridized carbons (Fsp3) is 0.500. The van der Waals surface area contributed by atoms with Crippen molar-refractivity contribution in [3.05, 3.63) is 35.7 Å². The highest BCUT2D eigenvalue weighted by molar-refractivity contribution is 7.99. The van der Waals surface area contributed by atoms with Crippen molar-refractivity contribution in [2.24, 2.45) is 0 Å². The molecule has 0 fully saturated rings. The number of fused-ring (bicyclic) bond motifs is 2. The van der Waals surface area contributed by atoms with E-state index in [4.69, 9.17) is 0 Å². The van der Waals surface area contributed by atoms with Crippen molar-refractivity contribution >= 4 is 23.4 Å². The van der Waals surface area contributed by atoms with Gasteiger partial charge in [0.25, 0.3) is 0 Å². The number of para-hydroxylation sites is 1. The number of aromatic nitrogens is 3. The number of benzene rings is 1. The van der Waals surface area contributed by atoms with Gasteiger partial charge in [-0.25, -0.2) is 0 Å². The number of aryl methyl sites for hydroxylation is 2. The third-order valence-electron chi connectivity index (χ3n) is 4.81. The van der Waals surface area contributed by atoms with E-state index in [0.29, 0.717) is 5.75 Å². The first-order valence-electron chi connectivity index (χ1n) is 8.76. The van der Waals surface area contributed by atoms with Crippen molar-refractivity contribution in [3.63, 3.8) is 0 Å². The van der Waals surface area contributed by atoms with Gasteiger partial charge in [-0.05, 0) is 37.3 Å². The Balaban J connectivity index is 1.46. The monoisotopic (exact) mass is 342 g/mol. The number of anilines is 1. The van der Waals surface area contributed by atoms with Crippen molar-refractivity contribution in [3.8, 4) is 0 Å². The Bertz CT molecular complexity index is 742. The molecule has 2 aliphatic heterocycles. The van der Waals surface area contributed by atoms with Crippen LogP contribution in [0.2, 0.25) is 0 Å². The summed E-state index contributed by atoms with van der Waals surface area (Å²) in [5.74, 6) is 1.66. The van der Waals surface area contributed by atoms with Crippen LogP contribution in [0, 0.1) is 0 Å². The predicted octanol–water partition coefficient (Wildman–Crippen LogP) is 3.08. The quantitative estimate of drug-likeness (QED) is 0.805. The zero-order valence-electron chi connectivity index (χ0n) is 13.8. The van der Waals surface area contributed by atoms with E-state index in [1.54, 1.807) is 0 Å². The largest absolute Gasteiger partial charge is 0.311 e. The molecule has 1 aromatic carbocycles. The molecule has 2 aromatic rings. The van der Waals surface area contributed by atoms with Crippen LogP contribution in [-0.2, 0) is 24.2 Å². The van der Waals surface area contributed by atoms with Gasteiger partial charge in [-0.15, -0.1) is 10.2 Å². The summed E-state index contributed by atoms with van der Waals surface area (Å²) in [6.45, 7) is 1.79. The van der Waals surface area contributed by atoms with Gasteiger partial charge in [0.05, 0.1) is 5.75 Å². The second-order valence-electron chi connectivity index (χ2n) is 6.43. The number of nitrogens with zero attached hydrogens (tertiary/aromatic N) is 4. The highest BCUT2D eigenvalue weighted by atomic mass is 32.2. The Morgan fingerprint density at radius 2 is 1.96 bits per heavy atom. The zero-order valence-corrected chi connectivity index (χ0v) is 14.6. The van der Waals surface area contributed by atoms with Gasteiger partial charge in [-0.2, -0.15) is 0 Å². The third kappa shape index (κ3) is 3.07. The summed E-state index contributed by atoms with van der Waals surface area (Å²) in [7, 11) is 0. The molecular formula is C18H22N4OS. The summed E-state index contributed by atoms with van der Waals surface area (Å²) in [4.78, 5) is 14.7. The smallest absolute Gasteiger partial charge is 0.237 e. The van der Waals surface area contributed by atoms with Crippen LogP contribution in [0.3, 0.4) is 0 Å². The summed E-state index contributed by atoms with van der Waals surface area (Å²) >= 11 is 1.53. The van der Waals surface area contributed by atoms with Crippen LogP contribution < -0.4 is 4.90 Å². The maximum absolute atomic E-state index is 12.7. The van der Waals surface area contributed by atoms with E-state index in [1.165, 1.54) is 36.6 Å². The fourth-order valence-electron chi connectivity index (χ4n) is 3.56. The summed E-state index contributed by atoms with van der Waals surface area (Å²) in [5, 5.41) is 9.51. The highest BCUT2D eigenvalue weighted by Gasteiger charge is 2.23. The van der Waals surface area contributed by atoms with Crippen LogP contribution in [0.4, 0.5) is 5.69 Å². The molecule has 4 rings (SSSR count). The molecule has 1 aromatic heterocycles. The molecule has 0 unspecified atom stereocenters. The summed E-state index contributed by atoms with van der Waals surface area (Å²) in [6, 6.07) is 8.24. The number of carbonyl (C=O) groups is 1. The number of thioether (sulfide) groups is 1. The molecule has 0 saturated carbocycles. The molecule has 0 saturated heterocycles. The number of carbonyl (C=O) groups excluding carboxylic acids is 1. The lowest BCUT2D eigenvalue weighted by molar-refractivity contribution is -0.116. The molecule has 0 N–H and O–H groups in total. The molecular weight excluding hydrogens is 320 g/mol. The minimum atomic E-state index is 0.165. The Hall–Kier alpha value is -1.82. The molecule has 0 atom stereocenters. The van der Waals surface area contributed by atoms with E-state index < -0.39 is 0 Å². The van der Waals surface area contributed by atoms with Gasteiger partial charge in [0, 0.05) is 25.2 Å². The minimum Gasteiger partial charge on any atom is -0.311 e. The van der Waals surface area contributed by atoms with Crippen molar-refractivity contribution in [2.45, 2.75) is 50.2 Å². The molecule has 24 heavy (non-hydrogen) atoms. The summed E-state index contributed by atoms with van der Waals surface area (Å²) < 4.78 is 2.20. The molecule has 126 valence electrons. The van der Waals surface area contributed by atoms with E-state index in [1.807, 2.05) is 17.0 Å². The van der Waals surface area contributed by atoms with Crippen molar-refractivity contribution in [1.82, 2.24) is 14.8 Å². The maximum atomic E-state index is 12.7. The Morgan fingerprint density at radius 1 is 1.04 bits per heavy atom. The molecule has 6 heteroatoms. The lowest BCUT2D eigenvalue weighted by atomic mass is 10.0. The lowest BCUT2D eigenvalue weighted by Crippen LogP contribution is -2.36. The SMILES string of the molecule is O=C(CSc1nnc2n1CCCCC2)N1CCCc2ccccc21. The second-order valence-corrected chi connectivity index (χ2v) is 7.37. The first-order chi connectivity index (χ1) is 11.8. The van der Waals surface area contributed by atoms with Gasteiger partial charge >= 0.3 is 0 Å². The van der Waals surface area contributed by atoms with Crippen LogP contribution in [0.1, 0.15) is 37.1 Å². The second kappa shape index (κ2) is 6.97. The van der Waals surface area contributed by atoms with Crippen LogP contribution in [0.15, 0.2) is 29.4 Å². The Labute approximate surface area is 146 Å². The Kier molecular flexibility index (Phi) is 4.56. The van der Waals surface area contributed by atoms with E-state index in [0.717, 1.165) is 49.0 Å². The molecule has 0 aliphatic carbocycles. The van der Waals surface area contributed by atoms with Crippen LogP contribution in [-0.4, -0.2) is 33.0 Å². The topological polar surface area (TPSA) is 51.0 Å². The molecule has 0 bridgehead atoms. The number of hydrogen-bond acceptors (Lipinski definition) is 4. The predicted molar refractivity (Wildman–Crippen MR) is 95.4 cm³/mol. The lowest BCUT2D eigenvalue weighted by Gasteiger charge is -2.29. The summed E-state index contributed by atoms with van der Waals surface area (Å²) in [6.07, 6.45) is 6.70. The normalized spacial score (nSPS) is 17.1. The van der Waals surface area contributed by atoms with Gasteiger partial charge in [0.2, 0.25) is 5.91 Å². The molecule has 1 amide bonds. The molecule has 2 aliphatic rings. The van der Waals surface area contributed by atoms with Gasteiger partial charge in [-0.3, -0.25) is 4.79 Å². The van der Waals surface area contributed by atoms with Crippen LogP contribution >= 0.6 is 11.8 Å². The first-order valence-corrected chi connectivity index (χ1v) is 9.74. The molecule has 0 spiro atoms. The van der Waals surface area contributed by atoms with Crippen molar-refractivity contribution in [1.29, 1.82) is 0 Å². The van der Waals surface area contributed by atoms with Gasteiger partial charge in [0.1, 0.15) is 5.82 Å². The van der Waals surface area contributed by atoms with Crippen LogP contribution in [0.25, 0.3) is 0 Å². The van der Waals surface area contributed by atoms with E-state index in [2.05, 4.69) is 26.9 Å².